The topological polar surface area (TPSA) is 84.9 Å². The molecule has 0 saturated heterocycles. The standard InChI is InChI=1S/C15H18N4O/c1-4-11-12(6-5-10(3)19-11)20-15-13(14(16)17)9(2)7-8-18-15/h5-8H,4H2,1-3H3,(H3,16,17). The third-order valence-electron chi connectivity index (χ3n) is 3.01. The maximum atomic E-state index is 7.66. The minimum absolute atomic E-state index is 0.0521. The predicted octanol–water partition coefficient (Wildman–Crippen LogP) is 2.73. The van der Waals surface area contributed by atoms with Gasteiger partial charge in [-0.05, 0) is 44.0 Å². The summed E-state index contributed by atoms with van der Waals surface area (Å²) in [5.41, 5.74) is 8.80. The van der Waals surface area contributed by atoms with E-state index in [2.05, 4.69) is 9.97 Å². The summed E-state index contributed by atoms with van der Waals surface area (Å²) in [6.07, 6.45) is 2.41. The van der Waals surface area contributed by atoms with Crippen LogP contribution in [0.5, 0.6) is 11.6 Å². The molecule has 0 aliphatic heterocycles. The molecule has 5 heteroatoms. The van der Waals surface area contributed by atoms with Crippen LogP contribution in [0.1, 0.15) is 29.4 Å². The Kier molecular flexibility index (Phi) is 3.98. The van der Waals surface area contributed by atoms with E-state index in [0.29, 0.717) is 17.2 Å². The van der Waals surface area contributed by atoms with Crippen LogP contribution in [0, 0.1) is 19.3 Å². The SMILES string of the molecule is CCc1nc(C)ccc1Oc1nccc(C)c1C(=N)N. The smallest absolute Gasteiger partial charge is 0.230 e. The number of nitrogens with zero attached hydrogens (tertiary/aromatic N) is 2. The summed E-state index contributed by atoms with van der Waals surface area (Å²) in [5.74, 6) is 0.945. The fourth-order valence-electron chi connectivity index (χ4n) is 1.99. The van der Waals surface area contributed by atoms with Gasteiger partial charge in [0.2, 0.25) is 5.88 Å². The first-order chi connectivity index (χ1) is 9.52. The Bertz CT molecular complexity index is 652. The van der Waals surface area contributed by atoms with Gasteiger partial charge in [-0.15, -0.1) is 0 Å². The van der Waals surface area contributed by atoms with E-state index < -0.39 is 0 Å². The van der Waals surface area contributed by atoms with Gasteiger partial charge in [-0.1, -0.05) is 6.92 Å². The zero-order valence-corrected chi connectivity index (χ0v) is 11.9. The first kappa shape index (κ1) is 14.0. The van der Waals surface area contributed by atoms with Crippen LogP contribution < -0.4 is 10.5 Å². The second-order valence-corrected chi connectivity index (χ2v) is 4.57. The molecule has 2 heterocycles. The molecular formula is C15H18N4O. The van der Waals surface area contributed by atoms with Gasteiger partial charge in [-0.2, -0.15) is 0 Å². The molecule has 2 aromatic heterocycles. The van der Waals surface area contributed by atoms with E-state index in [4.69, 9.17) is 15.9 Å². The van der Waals surface area contributed by atoms with Crippen molar-refractivity contribution in [2.75, 3.05) is 0 Å². The first-order valence-corrected chi connectivity index (χ1v) is 6.47. The summed E-state index contributed by atoms with van der Waals surface area (Å²) in [5, 5.41) is 7.66. The Hall–Kier alpha value is -2.43. The molecule has 0 aromatic carbocycles. The number of ether oxygens (including phenoxy) is 1. The molecule has 0 amide bonds. The molecule has 0 saturated carbocycles. The van der Waals surface area contributed by atoms with Gasteiger partial charge >= 0.3 is 0 Å². The van der Waals surface area contributed by atoms with Crippen molar-refractivity contribution in [3.63, 3.8) is 0 Å². The lowest BCUT2D eigenvalue weighted by molar-refractivity contribution is 0.452. The molecule has 3 N–H and O–H groups in total. The van der Waals surface area contributed by atoms with Crippen LogP contribution in [0.25, 0.3) is 0 Å². The largest absolute Gasteiger partial charge is 0.436 e. The molecule has 2 aromatic rings. The van der Waals surface area contributed by atoms with Crippen molar-refractivity contribution in [2.45, 2.75) is 27.2 Å². The molecule has 0 aliphatic rings. The highest BCUT2D eigenvalue weighted by Gasteiger charge is 2.14. The third-order valence-corrected chi connectivity index (χ3v) is 3.01. The fourth-order valence-corrected chi connectivity index (χ4v) is 1.99. The molecule has 2 rings (SSSR count). The number of rotatable bonds is 4. The van der Waals surface area contributed by atoms with Crippen LogP contribution in [-0.4, -0.2) is 15.8 Å². The lowest BCUT2D eigenvalue weighted by Crippen LogP contribution is -2.15. The molecular weight excluding hydrogens is 252 g/mol. The van der Waals surface area contributed by atoms with Crippen LogP contribution in [0.15, 0.2) is 24.4 Å². The Morgan fingerprint density at radius 1 is 1.30 bits per heavy atom. The number of aryl methyl sites for hydroxylation is 3. The van der Waals surface area contributed by atoms with Gasteiger partial charge in [0, 0.05) is 11.9 Å². The van der Waals surface area contributed by atoms with Crippen LogP contribution in [-0.2, 0) is 6.42 Å². The van der Waals surface area contributed by atoms with Crippen molar-refractivity contribution in [3.8, 4) is 11.6 Å². The van der Waals surface area contributed by atoms with Gasteiger partial charge in [0.05, 0.1) is 11.3 Å². The highest BCUT2D eigenvalue weighted by Crippen LogP contribution is 2.27. The number of aromatic nitrogens is 2. The third kappa shape index (κ3) is 2.77. The van der Waals surface area contributed by atoms with Gasteiger partial charge in [0.1, 0.15) is 5.84 Å². The van der Waals surface area contributed by atoms with E-state index in [9.17, 15) is 0 Å². The zero-order chi connectivity index (χ0) is 14.7. The second kappa shape index (κ2) is 5.69. The fraction of sp³-hybridized carbons (Fsp3) is 0.267. The number of hydrogen-bond acceptors (Lipinski definition) is 4. The van der Waals surface area contributed by atoms with E-state index in [-0.39, 0.29) is 5.84 Å². The quantitative estimate of drug-likeness (QED) is 0.660. The maximum Gasteiger partial charge on any atom is 0.230 e. The molecule has 0 spiro atoms. The number of amidine groups is 1. The summed E-state index contributed by atoms with van der Waals surface area (Å²) < 4.78 is 5.83. The van der Waals surface area contributed by atoms with Crippen molar-refractivity contribution in [2.24, 2.45) is 5.73 Å². The monoisotopic (exact) mass is 270 g/mol. The van der Waals surface area contributed by atoms with Crippen molar-refractivity contribution < 1.29 is 4.74 Å². The summed E-state index contributed by atoms with van der Waals surface area (Å²) in [7, 11) is 0. The molecule has 5 nitrogen and oxygen atoms in total. The normalized spacial score (nSPS) is 10.3. The zero-order valence-electron chi connectivity index (χ0n) is 11.9. The summed E-state index contributed by atoms with van der Waals surface area (Å²) in [4.78, 5) is 8.63. The molecule has 20 heavy (non-hydrogen) atoms. The van der Waals surface area contributed by atoms with Crippen molar-refractivity contribution in [1.29, 1.82) is 5.41 Å². The minimum atomic E-state index is -0.0521. The van der Waals surface area contributed by atoms with Crippen LogP contribution in [0.3, 0.4) is 0 Å². The lowest BCUT2D eigenvalue weighted by atomic mass is 10.1. The Morgan fingerprint density at radius 3 is 2.70 bits per heavy atom. The van der Waals surface area contributed by atoms with E-state index in [0.717, 1.165) is 23.4 Å². The van der Waals surface area contributed by atoms with Gasteiger partial charge < -0.3 is 10.5 Å². The van der Waals surface area contributed by atoms with Crippen molar-refractivity contribution in [3.05, 3.63) is 46.9 Å². The number of nitrogen functional groups attached to an aromatic ring is 1. The van der Waals surface area contributed by atoms with Crippen LogP contribution in [0.4, 0.5) is 0 Å². The first-order valence-electron chi connectivity index (χ1n) is 6.47. The molecule has 0 atom stereocenters. The van der Waals surface area contributed by atoms with Gasteiger partial charge in [-0.25, -0.2) is 4.98 Å². The second-order valence-electron chi connectivity index (χ2n) is 4.57. The van der Waals surface area contributed by atoms with Gasteiger partial charge in [0.25, 0.3) is 0 Å². The summed E-state index contributed by atoms with van der Waals surface area (Å²) in [6.45, 7) is 5.83. The van der Waals surface area contributed by atoms with Crippen LogP contribution in [0.2, 0.25) is 0 Å². The average molecular weight is 270 g/mol. The predicted molar refractivity (Wildman–Crippen MR) is 78.4 cm³/mol. The van der Waals surface area contributed by atoms with E-state index in [1.807, 2.05) is 32.9 Å². The number of nitrogens with one attached hydrogen (secondary N) is 1. The number of hydrogen-bond donors (Lipinski definition) is 2. The number of nitrogens with two attached hydrogens (primary N) is 1. The highest BCUT2D eigenvalue weighted by molar-refractivity contribution is 5.98. The summed E-state index contributed by atoms with van der Waals surface area (Å²) in [6, 6.07) is 5.56. The molecule has 0 radical (unpaired) electrons. The number of pyridine rings is 2. The molecule has 0 aliphatic carbocycles. The Balaban J connectivity index is 2.45. The lowest BCUT2D eigenvalue weighted by Gasteiger charge is -2.13. The van der Waals surface area contributed by atoms with Crippen LogP contribution >= 0.6 is 0 Å². The minimum Gasteiger partial charge on any atom is -0.436 e. The maximum absolute atomic E-state index is 7.66. The van der Waals surface area contributed by atoms with Crippen molar-refractivity contribution in [1.82, 2.24) is 9.97 Å². The van der Waals surface area contributed by atoms with E-state index in [1.165, 1.54) is 0 Å². The summed E-state index contributed by atoms with van der Waals surface area (Å²) >= 11 is 0. The van der Waals surface area contributed by atoms with Gasteiger partial charge in [0.15, 0.2) is 5.75 Å². The molecule has 104 valence electrons. The average Bonchev–Trinajstić information content (AvgIpc) is 2.40. The van der Waals surface area contributed by atoms with Gasteiger partial charge in [-0.3, -0.25) is 10.4 Å². The Morgan fingerprint density at radius 2 is 2.05 bits per heavy atom. The van der Waals surface area contributed by atoms with Crippen molar-refractivity contribution >= 4 is 5.84 Å². The molecule has 0 fully saturated rings. The molecule has 0 bridgehead atoms. The Labute approximate surface area is 118 Å². The highest BCUT2D eigenvalue weighted by atomic mass is 16.5. The van der Waals surface area contributed by atoms with E-state index >= 15 is 0 Å². The molecule has 0 unspecified atom stereocenters. The van der Waals surface area contributed by atoms with E-state index in [1.54, 1.807) is 12.3 Å².